The molecule has 2 rings (SSSR count). The van der Waals surface area contributed by atoms with Gasteiger partial charge in [0, 0.05) is 36.8 Å². The Kier molecular flexibility index (Phi) is 4.09. The van der Waals surface area contributed by atoms with Crippen molar-refractivity contribution < 1.29 is 0 Å². The third-order valence-electron chi connectivity index (χ3n) is 2.97. The molecule has 0 spiro atoms. The van der Waals surface area contributed by atoms with E-state index in [0.717, 1.165) is 32.6 Å². The summed E-state index contributed by atoms with van der Waals surface area (Å²) < 4.78 is 0. The molecule has 0 bridgehead atoms. The van der Waals surface area contributed by atoms with Crippen LogP contribution in [-0.2, 0) is 0 Å². The van der Waals surface area contributed by atoms with Crippen molar-refractivity contribution in [3.63, 3.8) is 0 Å². The summed E-state index contributed by atoms with van der Waals surface area (Å²) in [5.41, 5.74) is 1.31. The second-order valence-corrected chi connectivity index (χ2v) is 4.95. The van der Waals surface area contributed by atoms with E-state index in [1.165, 1.54) is 10.6 Å². The monoisotopic (exact) mass is 237 g/mol. The zero-order valence-corrected chi connectivity index (χ0v) is 10.5. The maximum Gasteiger partial charge on any atom is 0.0367 e. The standard InChI is InChI=1S/C12H19N3S/c1-16-12-5-3-11(4-6-12)14-7-2-8-15(13)10-9-14/h3-6H,2,7-10,13H2,1H3. The molecule has 0 aromatic heterocycles. The molecule has 0 saturated carbocycles. The van der Waals surface area contributed by atoms with Gasteiger partial charge in [0.25, 0.3) is 0 Å². The van der Waals surface area contributed by atoms with E-state index in [9.17, 15) is 0 Å². The highest BCUT2D eigenvalue weighted by molar-refractivity contribution is 7.98. The van der Waals surface area contributed by atoms with Gasteiger partial charge in [0.15, 0.2) is 0 Å². The first kappa shape index (κ1) is 11.8. The van der Waals surface area contributed by atoms with E-state index < -0.39 is 0 Å². The van der Waals surface area contributed by atoms with Gasteiger partial charge < -0.3 is 4.90 Å². The molecule has 1 saturated heterocycles. The fourth-order valence-corrected chi connectivity index (χ4v) is 2.40. The summed E-state index contributed by atoms with van der Waals surface area (Å²) >= 11 is 1.78. The first-order valence-electron chi connectivity index (χ1n) is 5.68. The summed E-state index contributed by atoms with van der Waals surface area (Å²) in [6, 6.07) is 8.78. The fraction of sp³-hybridized carbons (Fsp3) is 0.500. The minimum Gasteiger partial charge on any atom is -0.370 e. The fourth-order valence-electron chi connectivity index (χ4n) is 1.99. The third-order valence-corrected chi connectivity index (χ3v) is 3.71. The van der Waals surface area contributed by atoms with Gasteiger partial charge in [-0.25, -0.2) is 5.01 Å². The first-order valence-corrected chi connectivity index (χ1v) is 6.91. The van der Waals surface area contributed by atoms with E-state index >= 15 is 0 Å². The topological polar surface area (TPSA) is 32.5 Å². The lowest BCUT2D eigenvalue weighted by Crippen LogP contribution is -2.35. The van der Waals surface area contributed by atoms with E-state index in [1.54, 1.807) is 11.8 Å². The zero-order valence-electron chi connectivity index (χ0n) is 9.72. The Morgan fingerprint density at radius 2 is 1.81 bits per heavy atom. The summed E-state index contributed by atoms with van der Waals surface area (Å²) in [7, 11) is 0. The molecule has 1 aromatic carbocycles. The normalized spacial score (nSPS) is 18.5. The molecule has 1 heterocycles. The predicted octanol–water partition coefficient (Wildman–Crippen LogP) is 1.79. The Balaban J connectivity index is 2.04. The summed E-state index contributed by atoms with van der Waals surface area (Å²) in [5.74, 6) is 5.82. The van der Waals surface area contributed by atoms with Crippen LogP contribution in [-0.4, -0.2) is 37.4 Å². The molecule has 0 amide bonds. The van der Waals surface area contributed by atoms with Gasteiger partial charge in [-0.15, -0.1) is 11.8 Å². The summed E-state index contributed by atoms with van der Waals surface area (Å²) in [4.78, 5) is 3.73. The van der Waals surface area contributed by atoms with Crippen LogP contribution in [0.2, 0.25) is 0 Å². The summed E-state index contributed by atoms with van der Waals surface area (Å²) in [5, 5.41) is 1.91. The van der Waals surface area contributed by atoms with Gasteiger partial charge in [0.2, 0.25) is 0 Å². The van der Waals surface area contributed by atoms with E-state index in [2.05, 4.69) is 35.4 Å². The van der Waals surface area contributed by atoms with Crippen LogP contribution in [0.5, 0.6) is 0 Å². The highest BCUT2D eigenvalue weighted by Crippen LogP contribution is 2.21. The smallest absolute Gasteiger partial charge is 0.0367 e. The molecule has 1 aromatic rings. The van der Waals surface area contributed by atoms with Gasteiger partial charge in [0.05, 0.1) is 0 Å². The lowest BCUT2D eigenvalue weighted by Gasteiger charge is -2.22. The van der Waals surface area contributed by atoms with Crippen molar-refractivity contribution in [2.75, 3.05) is 37.3 Å². The quantitative estimate of drug-likeness (QED) is 0.628. The van der Waals surface area contributed by atoms with Gasteiger partial charge in [-0.1, -0.05) is 0 Å². The lowest BCUT2D eigenvalue weighted by molar-refractivity contribution is 0.305. The molecule has 0 aliphatic carbocycles. The van der Waals surface area contributed by atoms with Crippen LogP contribution in [0.3, 0.4) is 0 Å². The first-order chi connectivity index (χ1) is 7.79. The highest BCUT2D eigenvalue weighted by Gasteiger charge is 2.12. The van der Waals surface area contributed by atoms with Gasteiger partial charge in [0.1, 0.15) is 0 Å². The van der Waals surface area contributed by atoms with Crippen LogP contribution in [0.1, 0.15) is 6.42 Å². The minimum atomic E-state index is 0.949. The van der Waals surface area contributed by atoms with Gasteiger partial charge in [-0.05, 0) is 36.9 Å². The predicted molar refractivity (Wildman–Crippen MR) is 70.8 cm³/mol. The number of hydrogen-bond donors (Lipinski definition) is 1. The molecule has 0 radical (unpaired) electrons. The number of anilines is 1. The molecule has 3 nitrogen and oxygen atoms in total. The van der Waals surface area contributed by atoms with Crippen molar-refractivity contribution in [1.29, 1.82) is 0 Å². The van der Waals surface area contributed by atoms with Crippen molar-refractivity contribution in [1.82, 2.24) is 5.01 Å². The molecule has 1 aliphatic rings. The number of nitrogens with two attached hydrogens (primary N) is 1. The van der Waals surface area contributed by atoms with Gasteiger partial charge >= 0.3 is 0 Å². The highest BCUT2D eigenvalue weighted by atomic mass is 32.2. The molecular formula is C12H19N3S. The van der Waals surface area contributed by atoms with Crippen LogP contribution in [0.4, 0.5) is 5.69 Å². The molecule has 88 valence electrons. The number of rotatable bonds is 2. The third kappa shape index (κ3) is 2.90. The van der Waals surface area contributed by atoms with Crippen LogP contribution in [0.25, 0.3) is 0 Å². The number of benzene rings is 1. The summed E-state index contributed by atoms with van der Waals surface area (Å²) in [6.45, 7) is 4.07. The molecule has 1 aliphatic heterocycles. The molecular weight excluding hydrogens is 218 g/mol. The molecule has 16 heavy (non-hydrogen) atoms. The van der Waals surface area contributed by atoms with Crippen LogP contribution < -0.4 is 10.7 Å². The van der Waals surface area contributed by atoms with E-state index in [-0.39, 0.29) is 0 Å². The Labute approximate surface area is 102 Å². The average Bonchev–Trinajstić information content (AvgIpc) is 2.54. The lowest BCUT2D eigenvalue weighted by atomic mass is 10.2. The minimum absolute atomic E-state index is 0.949. The number of hydrazine groups is 1. The van der Waals surface area contributed by atoms with Crippen LogP contribution in [0.15, 0.2) is 29.2 Å². The Hall–Kier alpha value is -0.710. The van der Waals surface area contributed by atoms with Crippen molar-refractivity contribution >= 4 is 17.4 Å². The van der Waals surface area contributed by atoms with Crippen molar-refractivity contribution in [3.05, 3.63) is 24.3 Å². The number of nitrogens with zero attached hydrogens (tertiary/aromatic N) is 2. The van der Waals surface area contributed by atoms with Crippen molar-refractivity contribution in [2.24, 2.45) is 5.84 Å². The van der Waals surface area contributed by atoms with Gasteiger partial charge in [-0.3, -0.25) is 5.84 Å². The molecule has 0 atom stereocenters. The molecule has 4 heteroatoms. The van der Waals surface area contributed by atoms with Crippen LogP contribution >= 0.6 is 11.8 Å². The second kappa shape index (κ2) is 5.57. The average molecular weight is 237 g/mol. The number of thioether (sulfide) groups is 1. The Morgan fingerprint density at radius 3 is 2.50 bits per heavy atom. The van der Waals surface area contributed by atoms with E-state index in [1.807, 2.05) is 5.01 Å². The van der Waals surface area contributed by atoms with E-state index in [0.29, 0.717) is 0 Å². The van der Waals surface area contributed by atoms with Crippen LogP contribution in [0, 0.1) is 0 Å². The Bertz CT molecular complexity index is 326. The maximum atomic E-state index is 5.82. The Morgan fingerprint density at radius 1 is 1.06 bits per heavy atom. The SMILES string of the molecule is CSc1ccc(N2CCCN(N)CC2)cc1. The molecule has 1 fully saturated rings. The maximum absolute atomic E-state index is 5.82. The largest absolute Gasteiger partial charge is 0.370 e. The molecule has 2 N–H and O–H groups in total. The zero-order chi connectivity index (χ0) is 11.4. The number of hydrogen-bond acceptors (Lipinski definition) is 4. The van der Waals surface area contributed by atoms with Crippen molar-refractivity contribution in [2.45, 2.75) is 11.3 Å². The van der Waals surface area contributed by atoms with E-state index in [4.69, 9.17) is 5.84 Å². The summed E-state index contributed by atoms with van der Waals surface area (Å²) in [6.07, 6.45) is 3.24. The van der Waals surface area contributed by atoms with Gasteiger partial charge in [-0.2, -0.15) is 0 Å². The molecule has 0 unspecified atom stereocenters. The second-order valence-electron chi connectivity index (χ2n) is 4.07. The van der Waals surface area contributed by atoms with Crippen molar-refractivity contribution in [3.8, 4) is 0 Å².